The van der Waals surface area contributed by atoms with Crippen LogP contribution in [0.2, 0.25) is 0 Å². The Morgan fingerprint density at radius 2 is 1.60 bits per heavy atom. The van der Waals surface area contributed by atoms with E-state index in [-0.39, 0.29) is 11.6 Å². The fraction of sp³-hybridized carbons (Fsp3) is 0.0833. The molecule has 0 amide bonds. The van der Waals surface area contributed by atoms with Crippen molar-refractivity contribution in [2.24, 2.45) is 0 Å². The largest absolute Gasteiger partial charge is 0.496 e. The average molecular weight is 401 g/mol. The molecule has 2 heterocycles. The highest BCUT2D eigenvalue weighted by Gasteiger charge is 2.21. The van der Waals surface area contributed by atoms with Crippen LogP contribution in [0.5, 0.6) is 5.75 Å². The normalized spacial score (nSPS) is 11.3. The van der Waals surface area contributed by atoms with E-state index in [1.807, 2.05) is 35.0 Å². The molecule has 3 aromatic carbocycles. The minimum absolute atomic E-state index is 0.318. The van der Waals surface area contributed by atoms with Gasteiger partial charge >= 0.3 is 0 Å². The lowest BCUT2D eigenvalue weighted by Gasteiger charge is -2.16. The molecule has 3 aromatic rings. The van der Waals surface area contributed by atoms with Crippen LogP contribution < -0.4 is 4.74 Å². The molecule has 0 saturated heterocycles. The number of nitrogens with zero attached hydrogens (tertiary/aromatic N) is 3. The molecule has 0 spiro atoms. The van der Waals surface area contributed by atoms with Crippen LogP contribution in [0.25, 0.3) is 33.4 Å². The highest BCUT2D eigenvalue weighted by Crippen LogP contribution is 2.37. The molecular formula is C24H17F2N3O. The summed E-state index contributed by atoms with van der Waals surface area (Å²) in [6.07, 6.45) is 1.96. The molecule has 0 aliphatic carbocycles. The van der Waals surface area contributed by atoms with E-state index in [1.165, 1.54) is 24.3 Å². The van der Waals surface area contributed by atoms with E-state index < -0.39 is 0 Å². The summed E-state index contributed by atoms with van der Waals surface area (Å²) < 4.78 is 35.0. The molecule has 148 valence electrons. The van der Waals surface area contributed by atoms with Gasteiger partial charge in [-0.25, -0.2) is 8.78 Å². The Kier molecular flexibility index (Phi) is 4.39. The van der Waals surface area contributed by atoms with Crippen molar-refractivity contribution in [3.05, 3.63) is 90.1 Å². The van der Waals surface area contributed by atoms with Gasteiger partial charge in [0.25, 0.3) is 0 Å². The van der Waals surface area contributed by atoms with E-state index in [4.69, 9.17) is 4.74 Å². The number of hydrogen-bond donors (Lipinski definition) is 0. The number of para-hydroxylation sites is 1. The van der Waals surface area contributed by atoms with Crippen molar-refractivity contribution in [3.63, 3.8) is 0 Å². The smallest absolute Gasteiger partial charge is 0.124 e. The second-order valence-electron chi connectivity index (χ2n) is 7.05. The van der Waals surface area contributed by atoms with Gasteiger partial charge in [0.05, 0.1) is 19.2 Å². The first kappa shape index (κ1) is 18.2. The van der Waals surface area contributed by atoms with Crippen LogP contribution in [0.3, 0.4) is 0 Å². The molecule has 6 heteroatoms. The van der Waals surface area contributed by atoms with Gasteiger partial charge < -0.3 is 9.30 Å². The van der Waals surface area contributed by atoms with Crippen LogP contribution in [-0.2, 0) is 6.54 Å². The Morgan fingerprint density at radius 1 is 0.867 bits per heavy atom. The number of hydrogen-bond acceptors (Lipinski definition) is 3. The highest BCUT2D eigenvalue weighted by molar-refractivity contribution is 5.98. The molecule has 2 aliphatic heterocycles. The summed E-state index contributed by atoms with van der Waals surface area (Å²) in [4.78, 5) is 0. The zero-order chi connectivity index (χ0) is 20.7. The van der Waals surface area contributed by atoms with Crippen molar-refractivity contribution in [2.45, 2.75) is 6.54 Å². The average Bonchev–Trinajstić information content (AvgIpc) is 3.18. The van der Waals surface area contributed by atoms with E-state index in [9.17, 15) is 8.78 Å². The molecule has 0 aromatic heterocycles. The van der Waals surface area contributed by atoms with Crippen molar-refractivity contribution < 1.29 is 13.5 Å². The predicted molar refractivity (Wildman–Crippen MR) is 112 cm³/mol. The van der Waals surface area contributed by atoms with Gasteiger partial charge in [0, 0.05) is 28.3 Å². The van der Waals surface area contributed by atoms with Gasteiger partial charge in [-0.2, -0.15) is 0 Å². The third kappa shape index (κ3) is 3.06. The first-order valence-corrected chi connectivity index (χ1v) is 9.46. The summed E-state index contributed by atoms with van der Waals surface area (Å²) >= 11 is 0. The van der Waals surface area contributed by atoms with Crippen LogP contribution in [0.1, 0.15) is 5.56 Å². The Morgan fingerprint density at radius 3 is 2.40 bits per heavy atom. The zero-order valence-electron chi connectivity index (χ0n) is 16.1. The van der Waals surface area contributed by atoms with Crippen molar-refractivity contribution in [3.8, 4) is 28.3 Å². The standard InChI is InChI=1S/C24H17F2N3O/c1-30-22-5-3-2-4-16(22)13-29-14-20-23(15-6-8-17(25)9-7-15)27-28-24(20)19-12-18(26)10-11-21(19)29/h2-12,14H,13H2,1H3. The molecule has 0 N–H and O–H groups in total. The summed E-state index contributed by atoms with van der Waals surface area (Å²) in [5.41, 5.74) is 4.59. The molecule has 4 nitrogen and oxygen atoms in total. The topological polar surface area (TPSA) is 39.9 Å². The number of benzene rings is 3. The lowest BCUT2D eigenvalue weighted by atomic mass is 10.0. The van der Waals surface area contributed by atoms with Gasteiger partial charge in [-0.1, -0.05) is 18.2 Å². The lowest BCUT2D eigenvalue weighted by molar-refractivity contribution is 0.408. The molecule has 2 aliphatic rings. The molecule has 0 saturated carbocycles. The van der Waals surface area contributed by atoms with E-state index in [2.05, 4.69) is 10.2 Å². The number of aromatic nitrogens is 3. The number of fused-ring (bicyclic) bond motifs is 3. The third-order valence-electron chi connectivity index (χ3n) is 5.22. The number of halogens is 2. The van der Waals surface area contributed by atoms with Crippen molar-refractivity contribution >= 4 is 10.9 Å². The van der Waals surface area contributed by atoms with Gasteiger partial charge in [-0.3, -0.25) is 0 Å². The second kappa shape index (κ2) is 7.22. The van der Waals surface area contributed by atoms with Gasteiger partial charge in [-0.15, -0.1) is 10.2 Å². The minimum atomic E-state index is -0.342. The van der Waals surface area contributed by atoms with Crippen molar-refractivity contribution in [2.75, 3.05) is 7.11 Å². The monoisotopic (exact) mass is 401 g/mol. The predicted octanol–water partition coefficient (Wildman–Crippen LogP) is 5.54. The van der Waals surface area contributed by atoms with Crippen LogP contribution in [-0.4, -0.2) is 21.9 Å². The maximum absolute atomic E-state index is 14.1. The molecule has 0 atom stereocenters. The Labute approximate surface area is 171 Å². The summed E-state index contributed by atoms with van der Waals surface area (Å²) in [6.45, 7) is 0.524. The fourth-order valence-corrected chi connectivity index (χ4v) is 3.78. The molecular weight excluding hydrogens is 384 g/mol. The molecule has 0 unspecified atom stereocenters. The Hall–Kier alpha value is -3.80. The quantitative estimate of drug-likeness (QED) is 0.397. The SMILES string of the molecule is COc1ccccc1Cn1cc2c(-c3ccc(F)cc3)nnc-2c2cc(F)ccc21. The maximum atomic E-state index is 14.1. The third-order valence-corrected chi connectivity index (χ3v) is 5.22. The highest BCUT2D eigenvalue weighted by atomic mass is 19.1. The first-order valence-electron chi connectivity index (χ1n) is 9.46. The van der Waals surface area contributed by atoms with Crippen LogP contribution in [0, 0.1) is 11.6 Å². The number of rotatable bonds is 4. The van der Waals surface area contributed by atoms with E-state index in [0.717, 1.165) is 28.0 Å². The van der Waals surface area contributed by atoms with Crippen LogP contribution >= 0.6 is 0 Å². The number of methoxy groups -OCH3 is 1. The van der Waals surface area contributed by atoms with E-state index >= 15 is 0 Å². The first-order chi connectivity index (χ1) is 14.6. The minimum Gasteiger partial charge on any atom is -0.496 e. The van der Waals surface area contributed by atoms with Crippen molar-refractivity contribution in [1.82, 2.24) is 14.8 Å². The Bertz CT molecular complexity index is 1330. The summed E-state index contributed by atoms with van der Waals surface area (Å²) in [5.74, 6) is 0.115. The Balaban J connectivity index is 1.74. The van der Waals surface area contributed by atoms with Gasteiger partial charge in [0.15, 0.2) is 0 Å². The van der Waals surface area contributed by atoms with Gasteiger partial charge in [0.2, 0.25) is 0 Å². The summed E-state index contributed by atoms with van der Waals surface area (Å²) in [6, 6.07) is 18.5. The molecule has 0 bridgehead atoms. The molecule has 30 heavy (non-hydrogen) atoms. The van der Waals surface area contributed by atoms with E-state index in [1.54, 1.807) is 25.3 Å². The zero-order valence-corrected chi connectivity index (χ0v) is 16.1. The van der Waals surface area contributed by atoms with Gasteiger partial charge in [-0.05, 0) is 48.5 Å². The van der Waals surface area contributed by atoms with Gasteiger partial charge in [0.1, 0.15) is 28.8 Å². The van der Waals surface area contributed by atoms with Crippen LogP contribution in [0.4, 0.5) is 8.78 Å². The molecule has 0 fully saturated rings. The summed E-state index contributed by atoms with van der Waals surface area (Å²) in [7, 11) is 1.64. The molecule has 0 radical (unpaired) electrons. The number of pyridine rings is 1. The molecule has 5 rings (SSSR count). The lowest BCUT2D eigenvalue weighted by Crippen LogP contribution is -2.05. The fourth-order valence-electron chi connectivity index (χ4n) is 3.78. The maximum Gasteiger partial charge on any atom is 0.124 e. The van der Waals surface area contributed by atoms with E-state index in [0.29, 0.717) is 23.3 Å². The van der Waals surface area contributed by atoms with Crippen molar-refractivity contribution in [1.29, 1.82) is 0 Å². The summed E-state index contributed by atoms with van der Waals surface area (Å²) in [5, 5.41) is 9.31. The second-order valence-corrected chi connectivity index (χ2v) is 7.05. The number of ether oxygens (including phenoxy) is 1. The van der Waals surface area contributed by atoms with Crippen LogP contribution in [0.15, 0.2) is 72.9 Å².